The standard InChI is InChI=1S/C25H28N4O2S2/c1-5-31-20-11-9-13-22-23(20)26-25(33-22)28(14-15-29-18(4)16-17(3)27-29)24(30)19-10-7-8-12-21(19)32-6-2/h7-13,16H,5-6,14-15H2,1-4H3. The van der Waals surface area contributed by atoms with E-state index >= 15 is 0 Å². The molecule has 4 aromatic rings. The molecule has 172 valence electrons. The maximum atomic E-state index is 13.9. The van der Waals surface area contributed by atoms with Crippen LogP contribution in [0.2, 0.25) is 0 Å². The lowest BCUT2D eigenvalue weighted by Gasteiger charge is -2.21. The van der Waals surface area contributed by atoms with E-state index < -0.39 is 0 Å². The van der Waals surface area contributed by atoms with Crippen LogP contribution in [-0.4, -0.2) is 39.6 Å². The predicted molar refractivity (Wildman–Crippen MR) is 137 cm³/mol. The summed E-state index contributed by atoms with van der Waals surface area (Å²) in [4.78, 5) is 21.5. The molecule has 0 aliphatic carbocycles. The number of para-hydroxylation sites is 1. The molecule has 0 fully saturated rings. The van der Waals surface area contributed by atoms with E-state index in [2.05, 4.69) is 12.0 Å². The van der Waals surface area contributed by atoms with Crippen LogP contribution in [0.1, 0.15) is 35.6 Å². The highest BCUT2D eigenvalue weighted by Crippen LogP contribution is 2.35. The SMILES string of the molecule is CCOc1cccc2sc(N(CCn3nc(C)cc3C)C(=O)c3ccccc3SCC)nc12. The van der Waals surface area contributed by atoms with Gasteiger partial charge in [0.1, 0.15) is 11.3 Å². The Morgan fingerprint density at radius 2 is 1.97 bits per heavy atom. The summed E-state index contributed by atoms with van der Waals surface area (Å²) in [7, 11) is 0. The minimum Gasteiger partial charge on any atom is -0.492 e. The van der Waals surface area contributed by atoms with Gasteiger partial charge in [0, 0.05) is 17.1 Å². The summed E-state index contributed by atoms with van der Waals surface area (Å²) >= 11 is 3.18. The molecule has 6 nitrogen and oxygen atoms in total. The summed E-state index contributed by atoms with van der Waals surface area (Å²) in [5.41, 5.74) is 3.53. The number of aromatic nitrogens is 3. The summed E-state index contributed by atoms with van der Waals surface area (Å²) in [6.45, 7) is 9.68. The molecule has 0 atom stereocenters. The van der Waals surface area contributed by atoms with Crippen LogP contribution in [-0.2, 0) is 6.54 Å². The highest BCUT2D eigenvalue weighted by Gasteiger charge is 2.24. The number of fused-ring (bicyclic) bond motifs is 1. The largest absolute Gasteiger partial charge is 0.492 e. The highest BCUT2D eigenvalue weighted by molar-refractivity contribution is 7.99. The topological polar surface area (TPSA) is 60.2 Å². The van der Waals surface area contributed by atoms with E-state index in [4.69, 9.17) is 9.72 Å². The van der Waals surface area contributed by atoms with Gasteiger partial charge in [0.25, 0.3) is 5.91 Å². The Morgan fingerprint density at radius 3 is 2.70 bits per heavy atom. The Kier molecular flexibility index (Phi) is 7.35. The average Bonchev–Trinajstić information content (AvgIpc) is 3.37. The molecule has 0 spiro atoms. The molecule has 2 aromatic heterocycles. The molecule has 0 N–H and O–H groups in total. The first-order valence-corrected chi connectivity index (χ1v) is 12.9. The molecule has 0 aliphatic rings. The van der Waals surface area contributed by atoms with Gasteiger partial charge in [0.05, 0.1) is 29.1 Å². The first-order valence-electron chi connectivity index (χ1n) is 11.1. The highest BCUT2D eigenvalue weighted by atomic mass is 32.2. The molecule has 2 heterocycles. The van der Waals surface area contributed by atoms with Gasteiger partial charge in [-0.1, -0.05) is 36.5 Å². The minimum absolute atomic E-state index is 0.0508. The zero-order chi connectivity index (χ0) is 23.4. The molecule has 33 heavy (non-hydrogen) atoms. The van der Waals surface area contributed by atoms with Crippen LogP contribution < -0.4 is 9.64 Å². The third-order valence-corrected chi connectivity index (χ3v) is 7.20. The number of aryl methyl sites for hydroxylation is 2. The number of rotatable bonds is 9. The molecule has 0 aliphatic heterocycles. The second-order valence-electron chi connectivity index (χ2n) is 7.57. The summed E-state index contributed by atoms with van der Waals surface area (Å²) in [5.74, 6) is 1.59. The Labute approximate surface area is 202 Å². The van der Waals surface area contributed by atoms with E-state index in [0.717, 1.165) is 38.0 Å². The zero-order valence-corrected chi connectivity index (χ0v) is 21.0. The lowest BCUT2D eigenvalue weighted by molar-refractivity contribution is 0.0983. The number of thiazole rings is 1. The summed E-state index contributed by atoms with van der Waals surface area (Å²) in [6, 6.07) is 15.7. The summed E-state index contributed by atoms with van der Waals surface area (Å²) in [6.07, 6.45) is 0. The number of anilines is 1. The fraction of sp³-hybridized carbons (Fsp3) is 0.320. The van der Waals surface area contributed by atoms with E-state index in [1.165, 1.54) is 11.3 Å². The lowest BCUT2D eigenvalue weighted by Crippen LogP contribution is -2.34. The first kappa shape index (κ1) is 23.3. The Hall–Kier alpha value is -2.84. The monoisotopic (exact) mass is 480 g/mol. The summed E-state index contributed by atoms with van der Waals surface area (Å²) < 4.78 is 8.72. The summed E-state index contributed by atoms with van der Waals surface area (Å²) in [5, 5.41) is 5.24. The van der Waals surface area contributed by atoms with Crippen molar-refractivity contribution in [3.63, 3.8) is 0 Å². The quantitative estimate of drug-likeness (QED) is 0.276. The van der Waals surface area contributed by atoms with Gasteiger partial charge in [-0.25, -0.2) is 4.98 Å². The number of carbonyl (C=O) groups excluding carboxylic acids is 1. The Morgan fingerprint density at radius 1 is 1.15 bits per heavy atom. The number of carbonyl (C=O) groups is 1. The van der Waals surface area contributed by atoms with Crippen molar-refractivity contribution in [2.45, 2.75) is 39.1 Å². The van der Waals surface area contributed by atoms with Crippen molar-refractivity contribution in [2.24, 2.45) is 0 Å². The van der Waals surface area contributed by atoms with E-state index in [1.54, 1.807) is 16.7 Å². The van der Waals surface area contributed by atoms with Crippen molar-refractivity contribution in [1.29, 1.82) is 0 Å². The lowest BCUT2D eigenvalue weighted by atomic mass is 10.2. The van der Waals surface area contributed by atoms with E-state index in [9.17, 15) is 4.79 Å². The number of hydrogen-bond donors (Lipinski definition) is 0. The molecule has 0 unspecified atom stereocenters. The van der Waals surface area contributed by atoms with Crippen LogP contribution in [0.25, 0.3) is 10.2 Å². The number of benzene rings is 2. The molecule has 2 aromatic carbocycles. The molecule has 4 rings (SSSR count). The molecular formula is C25H28N4O2S2. The van der Waals surface area contributed by atoms with Crippen LogP contribution in [0.3, 0.4) is 0 Å². The second kappa shape index (κ2) is 10.4. The fourth-order valence-corrected chi connectivity index (χ4v) is 5.55. The number of nitrogens with zero attached hydrogens (tertiary/aromatic N) is 4. The van der Waals surface area contributed by atoms with Gasteiger partial charge >= 0.3 is 0 Å². The van der Waals surface area contributed by atoms with Crippen molar-refractivity contribution >= 4 is 44.4 Å². The fourth-order valence-electron chi connectivity index (χ4n) is 3.75. The van der Waals surface area contributed by atoms with Crippen molar-refractivity contribution < 1.29 is 9.53 Å². The van der Waals surface area contributed by atoms with Crippen molar-refractivity contribution in [1.82, 2.24) is 14.8 Å². The third-order valence-electron chi connectivity index (χ3n) is 5.20. The number of hydrogen-bond acceptors (Lipinski definition) is 6. The van der Waals surface area contributed by atoms with Gasteiger partial charge in [-0.3, -0.25) is 14.4 Å². The predicted octanol–water partition coefficient (Wildman–Crippen LogP) is 5.97. The zero-order valence-electron chi connectivity index (χ0n) is 19.4. The van der Waals surface area contributed by atoms with Gasteiger partial charge in [-0.15, -0.1) is 11.8 Å². The van der Waals surface area contributed by atoms with Gasteiger partial charge in [-0.05, 0) is 56.9 Å². The van der Waals surface area contributed by atoms with Crippen molar-refractivity contribution in [3.05, 3.63) is 65.5 Å². The van der Waals surface area contributed by atoms with Gasteiger partial charge < -0.3 is 4.74 Å². The minimum atomic E-state index is -0.0508. The van der Waals surface area contributed by atoms with Crippen LogP contribution in [0.5, 0.6) is 5.75 Å². The maximum Gasteiger partial charge on any atom is 0.261 e. The number of amides is 1. The van der Waals surface area contributed by atoms with E-state index in [0.29, 0.717) is 30.4 Å². The van der Waals surface area contributed by atoms with Gasteiger partial charge in [0.2, 0.25) is 0 Å². The number of thioether (sulfide) groups is 1. The molecule has 0 saturated carbocycles. The average molecular weight is 481 g/mol. The number of ether oxygens (including phenoxy) is 1. The maximum absolute atomic E-state index is 13.9. The molecule has 0 saturated heterocycles. The van der Waals surface area contributed by atoms with E-state index in [1.807, 2.05) is 74.0 Å². The first-order chi connectivity index (χ1) is 16.0. The van der Waals surface area contributed by atoms with Crippen LogP contribution in [0.15, 0.2) is 53.4 Å². The van der Waals surface area contributed by atoms with Gasteiger partial charge in [0.15, 0.2) is 5.13 Å². The Bertz CT molecular complexity index is 1260. The van der Waals surface area contributed by atoms with Gasteiger partial charge in [-0.2, -0.15) is 5.10 Å². The van der Waals surface area contributed by atoms with Crippen LogP contribution in [0, 0.1) is 13.8 Å². The third kappa shape index (κ3) is 5.07. The normalized spacial score (nSPS) is 11.2. The van der Waals surface area contributed by atoms with Crippen LogP contribution in [0.4, 0.5) is 5.13 Å². The van der Waals surface area contributed by atoms with E-state index in [-0.39, 0.29) is 5.91 Å². The van der Waals surface area contributed by atoms with Crippen molar-refractivity contribution in [2.75, 3.05) is 23.8 Å². The molecule has 1 amide bonds. The molecular weight excluding hydrogens is 452 g/mol. The molecule has 0 radical (unpaired) electrons. The van der Waals surface area contributed by atoms with Crippen LogP contribution >= 0.6 is 23.1 Å². The molecule has 0 bridgehead atoms. The smallest absolute Gasteiger partial charge is 0.261 e. The van der Waals surface area contributed by atoms with Crippen molar-refractivity contribution in [3.8, 4) is 5.75 Å². The molecule has 8 heteroatoms. The second-order valence-corrected chi connectivity index (χ2v) is 9.88. The Balaban J connectivity index is 1.74.